The number of nitrogens with one attached hydrogen (secondary N) is 1. The summed E-state index contributed by atoms with van der Waals surface area (Å²) in [6, 6.07) is 21.4. The zero-order valence-electron chi connectivity index (χ0n) is 16.8. The zero-order valence-corrected chi connectivity index (χ0v) is 17.6. The Morgan fingerprint density at radius 2 is 1.71 bits per heavy atom. The number of benzene rings is 2. The van der Waals surface area contributed by atoms with Crippen molar-refractivity contribution in [3.8, 4) is 5.75 Å². The molecule has 1 atom stereocenters. The van der Waals surface area contributed by atoms with E-state index >= 15 is 0 Å². The molecule has 3 aromatic rings. The molecule has 2 aromatic carbocycles. The highest BCUT2D eigenvalue weighted by Gasteiger charge is 2.29. The number of methoxy groups -OCH3 is 1. The Balaban J connectivity index is 1.75. The van der Waals surface area contributed by atoms with Crippen LogP contribution in [0.25, 0.3) is 5.70 Å². The van der Waals surface area contributed by atoms with Gasteiger partial charge >= 0.3 is 0 Å². The number of para-hydroxylation sites is 2. The van der Waals surface area contributed by atoms with Crippen molar-refractivity contribution in [2.75, 3.05) is 12.1 Å². The van der Waals surface area contributed by atoms with E-state index in [2.05, 4.69) is 85.1 Å². The van der Waals surface area contributed by atoms with E-state index < -0.39 is 0 Å². The third-order valence-corrected chi connectivity index (χ3v) is 6.00. The summed E-state index contributed by atoms with van der Waals surface area (Å²) in [6.07, 6.45) is 2.30. The highest BCUT2D eigenvalue weighted by atomic mass is 32.1. The van der Waals surface area contributed by atoms with Crippen molar-refractivity contribution in [1.29, 1.82) is 0 Å². The van der Waals surface area contributed by atoms with Gasteiger partial charge in [0.15, 0.2) is 0 Å². The molecule has 0 aliphatic carbocycles. The molecule has 2 heterocycles. The molecule has 1 N–H and O–H groups in total. The quantitative estimate of drug-likeness (QED) is 0.577. The molecule has 0 amide bonds. The first-order valence-electron chi connectivity index (χ1n) is 9.52. The maximum absolute atomic E-state index is 5.63. The lowest BCUT2D eigenvalue weighted by molar-refractivity contribution is 0.413. The average Bonchev–Trinajstić information content (AvgIpc) is 3.37. The van der Waals surface area contributed by atoms with Crippen LogP contribution in [0.1, 0.15) is 42.8 Å². The normalized spacial score (nSPS) is 16.6. The van der Waals surface area contributed by atoms with Crippen LogP contribution in [-0.4, -0.2) is 7.11 Å². The first-order valence-corrected chi connectivity index (χ1v) is 10.4. The molecule has 1 aromatic heterocycles. The van der Waals surface area contributed by atoms with Gasteiger partial charge in [-0.3, -0.25) is 10.4 Å². The van der Waals surface area contributed by atoms with Gasteiger partial charge in [-0.1, -0.05) is 63.2 Å². The highest BCUT2D eigenvalue weighted by Crippen LogP contribution is 2.40. The maximum atomic E-state index is 5.63. The van der Waals surface area contributed by atoms with Crippen LogP contribution in [0.5, 0.6) is 5.75 Å². The monoisotopic (exact) mass is 390 g/mol. The van der Waals surface area contributed by atoms with E-state index in [1.54, 1.807) is 18.4 Å². The number of nitrogens with zero attached hydrogens (tertiary/aromatic N) is 1. The second-order valence-corrected chi connectivity index (χ2v) is 8.98. The molecular weight excluding hydrogens is 364 g/mol. The lowest BCUT2D eigenvalue weighted by Gasteiger charge is -2.29. The third-order valence-electron chi connectivity index (χ3n) is 5.09. The number of ether oxygens (including phenoxy) is 1. The van der Waals surface area contributed by atoms with Gasteiger partial charge in [0, 0.05) is 0 Å². The molecular formula is C24H26N2OS. The molecule has 0 spiro atoms. The van der Waals surface area contributed by atoms with Gasteiger partial charge in [-0.05, 0) is 46.2 Å². The summed E-state index contributed by atoms with van der Waals surface area (Å²) in [4.78, 5) is 1.23. The summed E-state index contributed by atoms with van der Waals surface area (Å²) in [6.45, 7) is 6.74. The lowest BCUT2D eigenvalue weighted by Crippen LogP contribution is -2.34. The van der Waals surface area contributed by atoms with Crippen molar-refractivity contribution in [2.45, 2.75) is 32.2 Å². The molecule has 1 aliphatic rings. The van der Waals surface area contributed by atoms with Crippen LogP contribution in [0, 0.1) is 0 Å². The predicted octanol–water partition coefficient (Wildman–Crippen LogP) is 6.16. The number of thiophene rings is 1. The summed E-state index contributed by atoms with van der Waals surface area (Å²) in [5.74, 6) is 0.854. The molecule has 0 radical (unpaired) electrons. The fraction of sp³-hybridized carbons (Fsp3) is 0.250. The smallest absolute Gasteiger partial charge is 0.144 e. The molecule has 1 aliphatic heterocycles. The standard InChI is InChI=1S/C24H26N2OS/c1-24(2,3)18-13-11-17(12-14-18)21-16-19(23-10-7-15-28-23)25-26(21)20-8-5-6-9-22(20)27-4/h5-16,21,25H,1-4H3. The minimum absolute atomic E-state index is 0.0856. The first kappa shape index (κ1) is 18.6. The van der Waals surface area contributed by atoms with Gasteiger partial charge in [0.1, 0.15) is 11.4 Å². The Kier molecular flexibility index (Phi) is 4.90. The fourth-order valence-electron chi connectivity index (χ4n) is 3.50. The van der Waals surface area contributed by atoms with E-state index in [0.29, 0.717) is 0 Å². The van der Waals surface area contributed by atoms with E-state index in [1.807, 2.05) is 18.2 Å². The van der Waals surface area contributed by atoms with Crippen LogP contribution < -0.4 is 15.2 Å². The molecule has 1 unspecified atom stereocenters. The van der Waals surface area contributed by atoms with E-state index in [4.69, 9.17) is 4.74 Å². The molecule has 144 valence electrons. The lowest BCUT2D eigenvalue weighted by atomic mass is 9.86. The first-order chi connectivity index (χ1) is 13.5. The van der Waals surface area contributed by atoms with Crippen LogP contribution in [0.4, 0.5) is 5.69 Å². The van der Waals surface area contributed by atoms with Crippen LogP contribution in [0.15, 0.2) is 72.1 Å². The minimum atomic E-state index is 0.0856. The summed E-state index contributed by atoms with van der Waals surface area (Å²) in [5.41, 5.74) is 8.49. The summed E-state index contributed by atoms with van der Waals surface area (Å²) in [7, 11) is 1.72. The van der Waals surface area contributed by atoms with Gasteiger partial charge < -0.3 is 4.74 Å². The van der Waals surface area contributed by atoms with Crippen LogP contribution in [0.3, 0.4) is 0 Å². The van der Waals surface area contributed by atoms with Gasteiger partial charge in [0.05, 0.1) is 23.7 Å². The van der Waals surface area contributed by atoms with Crippen molar-refractivity contribution in [1.82, 2.24) is 5.43 Å². The van der Waals surface area contributed by atoms with Crippen LogP contribution in [0.2, 0.25) is 0 Å². The largest absolute Gasteiger partial charge is 0.495 e. The maximum Gasteiger partial charge on any atom is 0.144 e. The number of hydrogen-bond acceptors (Lipinski definition) is 4. The molecule has 0 fully saturated rings. The highest BCUT2D eigenvalue weighted by molar-refractivity contribution is 7.11. The number of anilines is 1. The van der Waals surface area contributed by atoms with Crippen LogP contribution in [-0.2, 0) is 5.41 Å². The Labute approximate surface area is 171 Å². The average molecular weight is 391 g/mol. The SMILES string of the molecule is COc1ccccc1N1NC(c2cccs2)=CC1c1ccc(C(C)(C)C)cc1. The fourth-order valence-corrected chi connectivity index (χ4v) is 4.20. The van der Waals surface area contributed by atoms with Crippen molar-refractivity contribution in [3.63, 3.8) is 0 Å². The number of hydrazine groups is 1. The minimum Gasteiger partial charge on any atom is -0.495 e. The van der Waals surface area contributed by atoms with Gasteiger partial charge in [-0.25, -0.2) is 0 Å². The Bertz CT molecular complexity index is 969. The molecule has 0 bridgehead atoms. The molecule has 3 nitrogen and oxygen atoms in total. The second-order valence-electron chi connectivity index (χ2n) is 8.03. The zero-order chi connectivity index (χ0) is 19.7. The predicted molar refractivity (Wildman–Crippen MR) is 119 cm³/mol. The van der Waals surface area contributed by atoms with Gasteiger partial charge in [-0.15, -0.1) is 11.3 Å². The second kappa shape index (κ2) is 7.36. The Morgan fingerprint density at radius 3 is 2.36 bits per heavy atom. The Morgan fingerprint density at radius 1 is 0.964 bits per heavy atom. The van der Waals surface area contributed by atoms with Crippen molar-refractivity contribution in [2.24, 2.45) is 0 Å². The summed E-state index contributed by atoms with van der Waals surface area (Å²) >= 11 is 1.74. The van der Waals surface area contributed by atoms with Gasteiger partial charge in [0.2, 0.25) is 0 Å². The Hall–Kier alpha value is -2.72. The molecule has 4 heteroatoms. The van der Waals surface area contributed by atoms with E-state index in [1.165, 1.54) is 16.0 Å². The van der Waals surface area contributed by atoms with Gasteiger partial charge in [-0.2, -0.15) is 0 Å². The van der Waals surface area contributed by atoms with E-state index in [-0.39, 0.29) is 11.5 Å². The van der Waals surface area contributed by atoms with Crippen molar-refractivity contribution < 1.29 is 4.74 Å². The van der Waals surface area contributed by atoms with Gasteiger partial charge in [0.25, 0.3) is 0 Å². The molecule has 0 saturated heterocycles. The molecule has 28 heavy (non-hydrogen) atoms. The number of rotatable bonds is 4. The van der Waals surface area contributed by atoms with E-state index in [0.717, 1.165) is 17.1 Å². The summed E-state index contributed by atoms with van der Waals surface area (Å²) < 4.78 is 5.63. The number of hydrogen-bond donors (Lipinski definition) is 1. The van der Waals surface area contributed by atoms with E-state index in [9.17, 15) is 0 Å². The van der Waals surface area contributed by atoms with Crippen molar-refractivity contribution in [3.05, 3.63) is 88.1 Å². The molecule has 0 saturated carbocycles. The van der Waals surface area contributed by atoms with Crippen molar-refractivity contribution >= 4 is 22.7 Å². The topological polar surface area (TPSA) is 24.5 Å². The summed E-state index contributed by atoms with van der Waals surface area (Å²) in [5, 5.41) is 4.30. The third kappa shape index (κ3) is 3.52. The molecule has 4 rings (SSSR count). The van der Waals surface area contributed by atoms with Crippen LogP contribution >= 0.6 is 11.3 Å².